The lowest BCUT2D eigenvalue weighted by Crippen LogP contribution is -2.43. The van der Waals surface area contributed by atoms with Crippen LogP contribution < -0.4 is 0 Å². The van der Waals surface area contributed by atoms with Gasteiger partial charge in [-0.3, -0.25) is 19.4 Å². The van der Waals surface area contributed by atoms with E-state index in [0.29, 0.717) is 18.3 Å². The Morgan fingerprint density at radius 2 is 2.12 bits per heavy atom. The van der Waals surface area contributed by atoms with Gasteiger partial charge < -0.3 is 4.90 Å². The Bertz CT molecular complexity index is 712. The van der Waals surface area contributed by atoms with Crippen LogP contribution in [0, 0.1) is 6.92 Å². The summed E-state index contributed by atoms with van der Waals surface area (Å²) in [4.78, 5) is 21.7. The highest BCUT2D eigenvalue weighted by molar-refractivity contribution is 5.92. The Kier molecular flexibility index (Phi) is 5.48. The molecule has 3 rings (SSSR count). The number of aryl methyl sites for hydroxylation is 2. The zero-order valence-electron chi connectivity index (χ0n) is 15.4. The van der Waals surface area contributed by atoms with Crippen LogP contribution in [0.3, 0.4) is 0 Å². The summed E-state index contributed by atoms with van der Waals surface area (Å²) >= 11 is 0. The van der Waals surface area contributed by atoms with Gasteiger partial charge in [0.1, 0.15) is 5.69 Å². The van der Waals surface area contributed by atoms with Gasteiger partial charge in [0.05, 0.1) is 5.69 Å². The number of likely N-dealkylation sites (N-methyl/N-ethyl adjacent to an activating group) is 1. The average molecular weight is 341 g/mol. The van der Waals surface area contributed by atoms with E-state index in [-0.39, 0.29) is 5.91 Å². The summed E-state index contributed by atoms with van der Waals surface area (Å²) in [5, 5.41) is 4.33. The van der Waals surface area contributed by atoms with Crippen LogP contribution in [0.4, 0.5) is 0 Å². The minimum absolute atomic E-state index is 0.0443. The Morgan fingerprint density at radius 1 is 1.36 bits per heavy atom. The molecule has 0 saturated carbocycles. The SMILES string of the molecule is CCN1CCC[C@H]1CN(Cc1ccncc1)C(=O)c1cc(C)nn1C. The molecule has 0 N–H and O–H groups in total. The van der Waals surface area contributed by atoms with E-state index in [0.717, 1.165) is 37.3 Å². The van der Waals surface area contributed by atoms with Crippen molar-refractivity contribution in [1.29, 1.82) is 0 Å². The first kappa shape index (κ1) is 17.6. The first-order valence-corrected chi connectivity index (χ1v) is 9.01. The first-order valence-electron chi connectivity index (χ1n) is 9.01. The summed E-state index contributed by atoms with van der Waals surface area (Å²) in [5.74, 6) is 0.0443. The van der Waals surface area contributed by atoms with Crippen molar-refractivity contribution in [3.05, 3.63) is 47.5 Å². The number of pyridine rings is 1. The summed E-state index contributed by atoms with van der Waals surface area (Å²) in [7, 11) is 1.83. The fraction of sp³-hybridized carbons (Fsp3) is 0.526. The first-order chi connectivity index (χ1) is 12.1. The second-order valence-electron chi connectivity index (χ2n) is 6.76. The molecule has 0 unspecified atom stereocenters. The van der Waals surface area contributed by atoms with Gasteiger partial charge in [0.15, 0.2) is 0 Å². The molecular weight excluding hydrogens is 314 g/mol. The second-order valence-corrected chi connectivity index (χ2v) is 6.76. The molecule has 2 aromatic heterocycles. The molecule has 1 aliphatic heterocycles. The van der Waals surface area contributed by atoms with Crippen LogP contribution in [0.2, 0.25) is 0 Å². The number of nitrogens with zero attached hydrogens (tertiary/aromatic N) is 5. The van der Waals surface area contributed by atoms with Crippen LogP contribution in [0.1, 0.15) is 41.5 Å². The van der Waals surface area contributed by atoms with Gasteiger partial charge in [0.25, 0.3) is 5.91 Å². The Morgan fingerprint density at radius 3 is 2.76 bits per heavy atom. The van der Waals surface area contributed by atoms with Crippen molar-refractivity contribution in [2.24, 2.45) is 7.05 Å². The number of aromatic nitrogens is 3. The molecule has 0 bridgehead atoms. The fourth-order valence-electron chi connectivity index (χ4n) is 3.67. The Hall–Kier alpha value is -2.21. The third-order valence-electron chi connectivity index (χ3n) is 4.97. The third-order valence-corrected chi connectivity index (χ3v) is 4.97. The minimum Gasteiger partial charge on any atom is -0.331 e. The number of carbonyl (C=O) groups is 1. The van der Waals surface area contributed by atoms with Crippen molar-refractivity contribution in [3.8, 4) is 0 Å². The number of rotatable bonds is 6. The molecule has 0 aromatic carbocycles. The molecule has 2 aromatic rings. The van der Waals surface area contributed by atoms with Crippen molar-refractivity contribution < 1.29 is 4.79 Å². The molecule has 1 amide bonds. The maximum Gasteiger partial charge on any atom is 0.272 e. The average Bonchev–Trinajstić information content (AvgIpc) is 3.20. The molecular formula is C19H27N5O. The van der Waals surface area contributed by atoms with Crippen LogP contribution >= 0.6 is 0 Å². The molecule has 1 aliphatic rings. The van der Waals surface area contributed by atoms with Gasteiger partial charge in [0.2, 0.25) is 0 Å². The topological polar surface area (TPSA) is 54.3 Å². The fourth-order valence-corrected chi connectivity index (χ4v) is 3.67. The van der Waals surface area contributed by atoms with Crippen LogP contribution in [0.25, 0.3) is 0 Å². The van der Waals surface area contributed by atoms with Crippen molar-refractivity contribution in [1.82, 2.24) is 24.6 Å². The zero-order chi connectivity index (χ0) is 17.8. The lowest BCUT2D eigenvalue weighted by molar-refractivity contribution is 0.0681. The predicted octanol–water partition coefficient (Wildman–Crippen LogP) is 2.25. The maximum atomic E-state index is 13.2. The summed E-state index contributed by atoms with van der Waals surface area (Å²) in [6.07, 6.45) is 5.92. The van der Waals surface area contributed by atoms with Crippen molar-refractivity contribution >= 4 is 5.91 Å². The lowest BCUT2D eigenvalue weighted by atomic mass is 10.1. The van der Waals surface area contributed by atoms with Crippen molar-refractivity contribution in [3.63, 3.8) is 0 Å². The maximum absolute atomic E-state index is 13.2. The molecule has 1 saturated heterocycles. The quantitative estimate of drug-likeness (QED) is 0.809. The highest BCUT2D eigenvalue weighted by atomic mass is 16.2. The summed E-state index contributed by atoms with van der Waals surface area (Å²) in [5.41, 5.74) is 2.61. The summed E-state index contributed by atoms with van der Waals surface area (Å²) in [6, 6.07) is 6.25. The van der Waals surface area contributed by atoms with E-state index < -0.39 is 0 Å². The monoisotopic (exact) mass is 341 g/mol. The summed E-state index contributed by atoms with van der Waals surface area (Å²) in [6.45, 7) is 7.62. The molecule has 6 heteroatoms. The van der Waals surface area contributed by atoms with E-state index in [1.807, 2.05) is 37.1 Å². The number of amides is 1. The molecule has 6 nitrogen and oxygen atoms in total. The molecule has 25 heavy (non-hydrogen) atoms. The second kappa shape index (κ2) is 7.78. The van der Waals surface area contributed by atoms with Crippen LogP contribution in [0.5, 0.6) is 0 Å². The van der Waals surface area contributed by atoms with Gasteiger partial charge in [-0.1, -0.05) is 6.92 Å². The zero-order valence-corrected chi connectivity index (χ0v) is 15.4. The van der Waals surface area contributed by atoms with Gasteiger partial charge in [-0.15, -0.1) is 0 Å². The lowest BCUT2D eigenvalue weighted by Gasteiger charge is -2.30. The third kappa shape index (κ3) is 4.07. The molecule has 1 fully saturated rings. The van der Waals surface area contributed by atoms with Gasteiger partial charge in [-0.2, -0.15) is 5.10 Å². The number of carbonyl (C=O) groups excluding carboxylic acids is 1. The van der Waals surface area contributed by atoms with Crippen LogP contribution in [-0.4, -0.2) is 56.1 Å². The number of hydrogen-bond acceptors (Lipinski definition) is 4. The molecule has 1 atom stereocenters. The highest BCUT2D eigenvalue weighted by Crippen LogP contribution is 2.20. The van der Waals surface area contributed by atoms with Crippen molar-refractivity contribution in [2.75, 3.05) is 19.6 Å². The van der Waals surface area contributed by atoms with Gasteiger partial charge in [0, 0.05) is 38.6 Å². The van der Waals surface area contributed by atoms with E-state index in [9.17, 15) is 4.79 Å². The number of hydrogen-bond donors (Lipinski definition) is 0. The minimum atomic E-state index is 0.0443. The largest absolute Gasteiger partial charge is 0.331 e. The molecule has 0 aliphatic carbocycles. The normalized spacial score (nSPS) is 17.8. The Labute approximate surface area is 149 Å². The molecule has 134 valence electrons. The number of likely N-dealkylation sites (tertiary alicyclic amines) is 1. The Balaban J connectivity index is 1.83. The van der Waals surface area contributed by atoms with Crippen molar-refractivity contribution in [2.45, 2.75) is 39.3 Å². The summed E-state index contributed by atoms with van der Waals surface area (Å²) < 4.78 is 1.68. The van der Waals surface area contributed by atoms with Gasteiger partial charge in [-0.05, 0) is 56.6 Å². The molecule has 3 heterocycles. The van der Waals surface area contributed by atoms with Crippen LogP contribution in [-0.2, 0) is 13.6 Å². The van der Waals surface area contributed by atoms with Gasteiger partial charge >= 0.3 is 0 Å². The molecule has 0 spiro atoms. The standard InChI is InChI=1S/C19H27N5O/c1-4-23-11-5-6-17(23)14-24(13-16-7-9-20-10-8-16)19(25)18-12-15(2)21-22(18)3/h7-10,12,17H,4-6,11,13-14H2,1-3H3/t17-/m0/s1. The van der Waals surface area contributed by atoms with Crippen LogP contribution in [0.15, 0.2) is 30.6 Å². The van der Waals surface area contributed by atoms with E-state index in [4.69, 9.17) is 0 Å². The van der Waals surface area contributed by atoms with E-state index in [1.54, 1.807) is 17.1 Å². The van der Waals surface area contributed by atoms with E-state index in [1.165, 1.54) is 6.42 Å². The highest BCUT2D eigenvalue weighted by Gasteiger charge is 2.28. The molecule has 0 radical (unpaired) electrons. The smallest absolute Gasteiger partial charge is 0.272 e. The predicted molar refractivity (Wildman–Crippen MR) is 97.2 cm³/mol. The van der Waals surface area contributed by atoms with Gasteiger partial charge in [-0.25, -0.2) is 0 Å². The van der Waals surface area contributed by atoms with E-state index >= 15 is 0 Å². The van der Waals surface area contributed by atoms with E-state index in [2.05, 4.69) is 21.9 Å².